The van der Waals surface area contributed by atoms with Crippen molar-refractivity contribution in [2.45, 2.75) is 44.8 Å². The maximum Gasteiger partial charge on any atom is 0.220 e. The summed E-state index contributed by atoms with van der Waals surface area (Å²) < 4.78 is 5.21. The molecule has 2 atom stereocenters. The second-order valence-corrected chi connectivity index (χ2v) is 6.21. The van der Waals surface area contributed by atoms with Gasteiger partial charge in [0.1, 0.15) is 5.75 Å². The zero-order valence-electron chi connectivity index (χ0n) is 14.1. The van der Waals surface area contributed by atoms with Crippen molar-refractivity contribution in [2.24, 2.45) is 0 Å². The first-order valence-electron chi connectivity index (χ1n) is 8.46. The van der Waals surface area contributed by atoms with Crippen LogP contribution in [0.4, 0.5) is 0 Å². The number of nitrogens with one attached hydrogen (secondary N) is 1. The second-order valence-electron chi connectivity index (χ2n) is 6.21. The van der Waals surface area contributed by atoms with Crippen molar-refractivity contribution in [3.63, 3.8) is 0 Å². The monoisotopic (exact) mass is 320 g/mol. The number of hydrogen-bond donors (Lipinski definition) is 2. The predicted octanol–water partition coefficient (Wildman–Crippen LogP) is 2.11. The number of methoxy groups -OCH3 is 1. The zero-order valence-corrected chi connectivity index (χ0v) is 14.1. The number of nitrogens with zero attached hydrogens (tertiary/aromatic N) is 1. The van der Waals surface area contributed by atoms with Crippen LogP contribution in [-0.2, 0) is 4.79 Å². The summed E-state index contributed by atoms with van der Waals surface area (Å²) in [6.07, 6.45) is 2.97. The molecule has 1 aliphatic heterocycles. The van der Waals surface area contributed by atoms with Gasteiger partial charge in [0.05, 0.1) is 13.2 Å². The molecular weight excluding hydrogens is 292 g/mol. The molecule has 23 heavy (non-hydrogen) atoms. The Morgan fingerprint density at radius 3 is 3.09 bits per heavy atom. The number of piperidine rings is 1. The third kappa shape index (κ3) is 5.52. The Kier molecular flexibility index (Phi) is 6.86. The molecule has 0 spiro atoms. The Labute approximate surface area is 138 Å². The highest BCUT2D eigenvalue weighted by Gasteiger charge is 2.23. The number of aliphatic hydroxyl groups excluding tert-OH is 1. The van der Waals surface area contributed by atoms with Gasteiger partial charge in [0.2, 0.25) is 5.91 Å². The number of carbonyl (C=O) groups is 1. The van der Waals surface area contributed by atoms with Crippen LogP contribution in [0, 0.1) is 0 Å². The van der Waals surface area contributed by atoms with Crippen LogP contribution in [0.3, 0.4) is 0 Å². The van der Waals surface area contributed by atoms with E-state index in [0.717, 1.165) is 43.7 Å². The van der Waals surface area contributed by atoms with Crippen LogP contribution in [0.1, 0.15) is 44.3 Å². The first kappa shape index (κ1) is 17.8. The summed E-state index contributed by atoms with van der Waals surface area (Å²) in [4.78, 5) is 14.0. The SMILES string of the molecule is CCCC(=O)NC1CCCN(CC(O)c2cccc(OC)c2)C1. The lowest BCUT2D eigenvalue weighted by atomic mass is 10.0. The Balaban J connectivity index is 1.87. The third-order valence-corrected chi connectivity index (χ3v) is 4.26. The topological polar surface area (TPSA) is 61.8 Å². The summed E-state index contributed by atoms with van der Waals surface area (Å²) in [6.45, 7) is 4.35. The van der Waals surface area contributed by atoms with E-state index in [9.17, 15) is 9.90 Å². The van der Waals surface area contributed by atoms with E-state index in [1.807, 2.05) is 31.2 Å². The highest BCUT2D eigenvalue weighted by Crippen LogP contribution is 2.21. The Morgan fingerprint density at radius 1 is 1.52 bits per heavy atom. The van der Waals surface area contributed by atoms with Gasteiger partial charge in [-0.3, -0.25) is 9.69 Å². The molecule has 1 aromatic carbocycles. The second kappa shape index (κ2) is 8.89. The van der Waals surface area contributed by atoms with Crippen LogP contribution < -0.4 is 10.1 Å². The van der Waals surface area contributed by atoms with Crippen LogP contribution in [0.25, 0.3) is 0 Å². The van der Waals surface area contributed by atoms with Crippen molar-refractivity contribution in [1.29, 1.82) is 0 Å². The van der Waals surface area contributed by atoms with Gasteiger partial charge in [0, 0.05) is 25.6 Å². The maximum atomic E-state index is 11.7. The summed E-state index contributed by atoms with van der Waals surface area (Å²) >= 11 is 0. The summed E-state index contributed by atoms with van der Waals surface area (Å²) in [5.74, 6) is 0.887. The van der Waals surface area contributed by atoms with Gasteiger partial charge in [0.25, 0.3) is 0 Å². The summed E-state index contributed by atoms with van der Waals surface area (Å²) in [5.41, 5.74) is 0.862. The molecule has 2 unspecified atom stereocenters. The van der Waals surface area contributed by atoms with Gasteiger partial charge in [-0.25, -0.2) is 0 Å². The molecule has 0 aliphatic carbocycles. The Morgan fingerprint density at radius 2 is 2.35 bits per heavy atom. The summed E-state index contributed by atoms with van der Waals surface area (Å²) in [7, 11) is 1.62. The Bertz CT molecular complexity index is 507. The molecule has 1 aromatic rings. The van der Waals surface area contributed by atoms with Crippen LogP contribution >= 0.6 is 0 Å². The van der Waals surface area contributed by atoms with Crippen molar-refractivity contribution in [2.75, 3.05) is 26.7 Å². The number of amides is 1. The minimum Gasteiger partial charge on any atom is -0.497 e. The van der Waals surface area contributed by atoms with E-state index < -0.39 is 6.10 Å². The molecule has 5 heteroatoms. The van der Waals surface area contributed by atoms with Crippen LogP contribution in [0.5, 0.6) is 5.75 Å². The van der Waals surface area contributed by atoms with Crippen LogP contribution in [0.2, 0.25) is 0 Å². The zero-order chi connectivity index (χ0) is 16.7. The molecule has 1 fully saturated rings. The average molecular weight is 320 g/mol. The van der Waals surface area contributed by atoms with Crippen molar-refractivity contribution in [3.8, 4) is 5.75 Å². The van der Waals surface area contributed by atoms with Gasteiger partial charge in [-0.15, -0.1) is 0 Å². The van der Waals surface area contributed by atoms with Gasteiger partial charge < -0.3 is 15.2 Å². The van der Waals surface area contributed by atoms with Gasteiger partial charge in [-0.2, -0.15) is 0 Å². The fourth-order valence-electron chi connectivity index (χ4n) is 3.06. The maximum absolute atomic E-state index is 11.7. The molecule has 0 bridgehead atoms. The van der Waals surface area contributed by atoms with Gasteiger partial charge in [-0.05, 0) is 43.5 Å². The molecular formula is C18H28N2O3. The van der Waals surface area contributed by atoms with Crippen LogP contribution in [-0.4, -0.2) is 48.7 Å². The Hall–Kier alpha value is -1.59. The van der Waals surface area contributed by atoms with Crippen molar-refractivity contribution in [3.05, 3.63) is 29.8 Å². The molecule has 1 heterocycles. The van der Waals surface area contributed by atoms with Crippen molar-refractivity contribution >= 4 is 5.91 Å². The molecule has 0 radical (unpaired) electrons. The predicted molar refractivity (Wildman–Crippen MR) is 90.5 cm³/mol. The largest absolute Gasteiger partial charge is 0.497 e. The molecule has 0 saturated carbocycles. The molecule has 1 amide bonds. The number of ether oxygens (including phenoxy) is 1. The minimum absolute atomic E-state index is 0.132. The molecule has 5 nitrogen and oxygen atoms in total. The van der Waals surface area contributed by atoms with Crippen LogP contribution in [0.15, 0.2) is 24.3 Å². The fraction of sp³-hybridized carbons (Fsp3) is 0.611. The molecule has 1 aliphatic rings. The molecule has 2 rings (SSSR count). The number of carbonyl (C=O) groups excluding carboxylic acids is 1. The van der Waals surface area contributed by atoms with E-state index >= 15 is 0 Å². The van der Waals surface area contributed by atoms with E-state index in [1.165, 1.54) is 0 Å². The number of likely N-dealkylation sites (tertiary alicyclic amines) is 1. The van der Waals surface area contributed by atoms with Gasteiger partial charge >= 0.3 is 0 Å². The first-order chi connectivity index (χ1) is 11.1. The normalized spacial score (nSPS) is 20.0. The lowest BCUT2D eigenvalue weighted by Gasteiger charge is -2.34. The quantitative estimate of drug-likeness (QED) is 0.808. The van der Waals surface area contributed by atoms with Gasteiger partial charge in [0.15, 0.2) is 0 Å². The number of benzene rings is 1. The standard InChI is InChI=1S/C18H28N2O3/c1-3-6-18(22)19-15-8-5-10-20(12-15)13-17(21)14-7-4-9-16(11-14)23-2/h4,7,9,11,15,17,21H,3,5-6,8,10,12-13H2,1-2H3,(H,19,22). The summed E-state index contributed by atoms with van der Waals surface area (Å²) in [6, 6.07) is 7.74. The molecule has 1 saturated heterocycles. The average Bonchev–Trinajstić information content (AvgIpc) is 2.55. The minimum atomic E-state index is -0.546. The third-order valence-electron chi connectivity index (χ3n) is 4.26. The first-order valence-corrected chi connectivity index (χ1v) is 8.46. The van der Waals surface area contributed by atoms with E-state index in [1.54, 1.807) is 7.11 Å². The molecule has 128 valence electrons. The van der Waals surface area contributed by atoms with E-state index in [4.69, 9.17) is 4.74 Å². The molecule has 0 aromatic heterocycles. The molecule has 2 N–H and O–H groups in total. The van der Waals surface area contributed by atoms with Gasteiger partial charge in [-0.1, -0.05) is 19.1 Å². The fourth-order valence-corrected chi connectivity index (χ4v) is 3.06. The highest BCUT2D eigenvalue weighted by atomic mass is 16.5. The number of β-amino-alcohol motifs (C(OH)–C–C–N with tert-alkyl or cyclic N) is 1. The smallest absolute Gasteiger partial charge is 0.220 e. The number of aliphatic hydroxyl groups is 1. The summed E-state index contributed by atoms with van der Waals surface area (Å²) in [5, 5.41) is 13.6. The highest BCUT2D eigenvalue weighted by molar-refractivity contribution is 5.76. The number of rotatable bonds is 7. The van der Waals surface area contributed by atoms with E-state index in [2.05, 4.69) is 10.2 Å². The van der Waals surface area contributed by atoms with E-state index in [-0.39, 0.29) is 11.9 Å². The van der Waals surface area contributed by atoms with Crippen molar-refractivity contribution in [1.82, 2.24) is 10.2 Å². The van der Waals surface area contributed by atoms with Crippen molar-refractivity contribution < 1.29 is 14.6 Å². The lowest BCUT2D eigenvalue weighted by molar-refractivity contribution is -0.122. The lowest BCUT2D eigenvalue weighted by Crippen LogP contribution is -2.48. The van der Waals surface area contributed by atoms with E-state index in [0.29, 0.717) is 13.0 Å². The number of hydrogen-bond acceptors (Lipinski definition) is 4.